The molecule has 0 bridgehead atoms. The maximum absolute atomic E-state index is 12.0. The Labute approximate surface area is 127 Å². The molecule has 0 aliphatic heterocycles. The van der Waals surface area contributed by atoms with Crippen LogP contribution in [0, 0.1) is 10.1 Å². The number of ketones is 1. The van der Waals surface area contributed by atoms with Gasteiger partial charge in [0, 0.05) is 35.0 Å². The molecule has 9 heteroatoms. The van der Waals surface area contributed by atoms with Crippen LogP contribution in [0.15, 0.2) is 23.6 Å². The molecule has 2 aromatic rings. The minimum absolute atomic E-state index is 0.0359. The normalized spacial score (nSPS) is 10.2. The van der Waals surface area contributed by atoms with Crippen LogP contribution in [-0.4, -0.2) is 21.6 Å². The highest BCUT2D eigenvalue weighted by Crippen LogP contribution is 2.22. The fourth-order valence-corrected chi connectivity index (χ4v) is 2.45. The summed E-state index contributed by atoms with van der Waals surface area (Å²) in [4.78, 5) is 37.1. The number of rotatable bonds is 4. The first-order valence-electron chi connectivity index (χ1n) is 5.59. The summed E-state index contributed by atoms with van der Waals surface area (Å²) >= 11 is 6.83. The summed E-state index contributed by atoms with van der Waals surface area (Å²) in [7, 11) is 0. The lowest BCUT2D eigenvalue weighted by Crippen LogP contribution is -2.12. The number of carbonyl (C=O) groups excluding carboxylic acids is 2. The van der Waals surface area contributed by atoms with Crippen LogP contribution >= 0.6 is 22.9 Å². The van der Waals surface area contributed by atoms with E-state index >= 15 is 0 Å². The molecule has 0 saturated heterocycles. The topological polar surface area (TPSA) is 102 Å². The number of anilines is 1. The third-order valence-corrected chi connectivity index (χ3v) is 3.42. The number of nitrogens with zero attached hydrogens (tertiary/aromatic N) is 2. The summed E-state index contributed by atoms with van der Waals surface area (Å²) < 4.78 is 0. The number of hydrogen-bond donors (Lipinski definition) is 1. The third kappa shape index (κ3) is 3.61. The highest BCUT2D eigenvalue weighted by Gasteiger charge is 2.15. The summed E-state index contributed by atoms with van der Waals surface area (Å²) in [5.74, 6) is -0.810. The zero-order chi connectivity index (χ0) is 15.6. The van der Waals surface area contributed by atoms with Gasteiger partial charge in [-0.1, -0.05) is 11.6 Å². The molecule has 0 saturated carbocycles. The van der Waals surface area contributed by atoms with Crippen molar-refractivity contribution in [2.45, 2.75) is 6.92 Å². The highest BCUT2D eigenvalue weighted by atomic mass is 35.5. The van der Waals surface area contributed by atoms with Crippen LogP contribution in [0.2, 0.25) is 5.02 Å². The molecule has 0 radical (unpaired) electrons. The van der Waals surface area contributed by atoms with Crippen molar-refractivity contribution < 1.29 is 14.5 Å². The van der Waals surface area contributed by atoms with Gasteiger partial charge in [-0.05, 0) is 6.07 Å². The summed E-state index contributed by atoms with van der Waals surface area (Å²) in [6.45, 7) is 1.36. The van der Waals surface area contributed by atoms with E-state index in [1.54, 1.807) is 0 Å². The van der Waals surface area contributed by atoms with Gasteiger partial charge in [-0.15, -0.1) is 11.3 Å². The Morgan fingerprint density at radius 3 is 2.67 bits per heavy atom. The molecular weight excluding hydrogens is 318 g/mol. The summed E-state index contributed by atoms with van der Waals surface area (Å²) in [6.07, 6.45) is 0. The predicted octanol–water partition coefficient (Wildman–Crippen LogP) is 3.16. The number of thiazole rings is 1. The Hall–Kier alpha value is -2.32. The molecule has 0 spiro atoms. The first-order valence-corrected chi connectivity index (χ1v) is 6.85. The molecule has 1 N–H and O–H groups in total. The van der Waals surface area contributed by atoms with Crippen molar-refractivity contribution in [2.24, 2.45) is 0 Å². The van der Waals surface area contributed by atoms with Crippen molar-refractivity contribution in [3.8, 4) is 0 Å². The Balaban J connectivity index is 2.23. The lowest BCUT2D eigenvalue weighted by atomic mass is 10.2. The molecule has 0 aliphatic rings. The molecule has 108 valence electrons. The van der Waals surface area contributed by atoms with Gasteiger partial charge in [0.25, 0.3) is 11.6 Å². The van der Waals surface area contributed by atoms with Crippen LogP contribution in [0.4, 0.5) is 10.8 Å². The second-order valence-corrected chi connectivity index (χ2v) is 5.30. The molecule has 1 amide bonds. The van der Waals surface area contributed by atoms with E-state index in [9.17, 15) is 19.7 Å². The number of benzene rings is 1. The third-order valence-electron chi connectivity index (χ3n) is 2.44. The van der Waals surface area contributed by atoms with E-state index < -0.39 is 10.8 Å². The SMILES string of the molecule is CC(=O)c1csc(NC(=O)c2cc(Cl)cc([N+](=O)[O-])c2)n1. The van der Waals surface area contributed by atoms with Crippen LogP contribution in [0.25, 0.3) is 0 Å². The van der Waals surface area contributed by atoms with Gasteiger partial charge in [-0.25, -0.2) is 4.98 Å². The molecule has 1 aromatic heterocycles. The van der Waals surface area contributed by atoms with Gasteiger partial charge >= 0.3 is 0 Å². The van der Waals surface area contributed by atoms with E-state index in [4.69, 9.17) is 11.6 Å². The second kappa shape index (κ2) is 5.98. The van der Waals surface area contributed by atoms with Crippen LogP contribution in [0.5, 0.6) is 0 Å². The minimum atomic E-state index is -0.639. The lowest BCUT2D eigenvalue weighted by molar-refractivity contribution is -0.384. The Bertz CT molecular complexity index is 744. The fourth-order valence-electron chi connectivity index (χ4n) is 1.47. The quantitative estimate of drug-likeness (QED) is 0.528. The summed E-state index contributed by atoms with van der Waals surface area (Å²) in [5.41, 5.74) is -0.00244. The largest absolute Gasteiger partial charge is 0.298 e. The van der Waals surface area contributed by atoms with Crippen molar-refractivity contribution >= 4 is 45.4 Å². The number of Topliss-reactive ketones (excluding diaryl/α,β-unsaturated/α-hetero) is 1. The average molecular weight is 326 g/mol. The molecule has 1 aromatic carbocycles. The van der Waals surface area contributed by atoms with Crippen molar-refractivity contribution in [3.05, 3.63) is 50.0 Å². The fraction of sp³-hybridized carbons (Fsp3) is 0.0833. The minimum Gasteiger partial charge on any atom is -0.298 e. The maximum Gasteiger partial charge on any atom is 0.271 e. The average Bonchev–Trinajstić information content (AvgIpc) is 2.86. The Morgan fingerprint density at radius 2 is 2.10 bits per heavy atom. The van der Waals surface area contributed by atoms with Gasteiger partial charge in [-0.2, -0.15) is 0 Å². The number of non-ortho nitro benzene ring substituents is 1. The monoisotopic (exact) mass is 325 g/mol. The first-order chi connectivity index (χ1) is 9.86. The number of nitro groups is 1. The molecule has 0 fully saturated rings. The van der Waals surface area contributed by atoms with Gasteiger partial charge in [0.15, 0.2) is 10.9 Å². The first kappa shape index (κ1) is 15.1. The van der Waals surface area contributed by atoms with Crippen molar-refractivity contribution in [2.75, 3.05) is 5.32 Å². The maximum atomic E-state index is 12.0. The van der Waals surface area contributed by atoms with Gasteiger partial charge in [0.05, 0.1) is 4.92 Å². The van der Waals surface area contributed by atoms with E-state index in [1.165, 1.54) is 18.4 Å². The predicted molar refractivity (Wildman–Crippen MR) is 78.2 cm³/mol. The number of nitrogens with one attached hydrogen (secondary N) is 1. The number of hydrogen-bond acceptors (Lipinski definition) is 6. The summed E-state index contributed by atoms with van der Waals surface area (Å²) in [6, 6.07) is 3.57. The number of amides is 1. The molecular formula is C12H8ClN3O4S. The van der Waals surface area contributed by atoms with E-state index in [0.717, 1.165) is 23.5 Å². The van der Waals surface area contributed by atoms with Crippen LogP contribution in [0.1, 0.15) is 27.8 Å². The van der Waals surface area contributed by atoms with Crippen molar-refractivity contribution in [1.29, 1.82) is 0 Å². The number of nitro benzene ring substituents is 1. The number of aromatic nitrogens is 1. The Morgan fingerprint density at radius 1 is 1.38 bits per heavy atom. The van der Waals surface area contributed by atoms with Crippen molar-refractivity contribution in [3.63, 3.8) is 0 Å². The van der Waals surface area contributed by atoms with Gasteiger partial charge < -0.3 is 0 Å². The van der Waals surface area contributed by atoms with E-state index in [0.29, 0.717) is 0 Å². The summed E-state index contributed by atoms with van der Waals surface area (Å²) in [5, 5.41) is 15.0. The van der Waals surface area contributed by atoms with Crippen LogP contribution in [-0.2, 0) is 0 Å². The molecule has 7 nitrogen and oxygen atoms in total. The molecule has 21 heavy (non-hydrogen) atoms. The molecule has 1 heterocycles. The van der Waals surface area contributed by atoms with E-state index in [2.05, 4.69) is 10.3 Å². The molecule has 0 atom stereocenters. The van der Waals surface area contributed by atoms with Gasteiger partial charge in [0.2, 0.25) is 0 Å². The number of carbonyl (C=O) groups is 2. The smallest absolute Gasteiger partial charge is 0.271 e. The van der Waals surface area contributed by atoms with E-state index in [-0.39, 0.29) is 32.9 Å². The van der Waals surface area contributed by atoms with Gasteiger partial charge in [-0.3, -0.25) is 25.0 Å². The second-order valence-electron chi connectivity index (χ2n) is 4.00. The highest BCUT2D eigenvalue weighted by molar-refractivity contribution is 7.14. The molecule has 0 unspecified atom stereocenters. The zero-order valence-corrected chi connectivity index (χ0v) is 12.2. The lowest BCUT2D eigenvalue weighted by Gasteiger charge is -2.02. The molecule has 2 rings (SSSR count). The zero-order valence-electron chi connectivity index (χ0n) is 10.6. The van der Waals surface area contributed by atoms with Crippen LogP contribution < -0.4 is 5.32 Å². The standard InChI is InChI=1S/C12H8ClN3O4S/c1-6(17)10-5-21-12(14-10)15-11(18)7-2-8(13)4-9(3-7)16(19)20/h2-5H,1H3,(H,14,15,18). The molecule has 0 aliphatic carbocycles. The van der Waals surface area contributed by atoms with E-state index in [1.807, 2.05) is 0 Å². The van der Waals surface area contributed by atoms with Crippen molar-refractivity contribution in [1.82, 2.24) is 4.98 Å². The van der Waals surface area contributed by atoms with Gasteiger partial charge in [0.1, 0.15) is 5.69 Å². The van der Waals surface area contributed by atoms with Crippen LogP contribution in [0.3, 0.4) is 0 Å². The number of halogens is 1. The Kier molecular flexibility index (Phi) is 4.29.